The molecule has 1 fully saturated rings. The number of hydrogen-bond donors (Lipinski definition) is 6. The molecule has 19 heteroatoms. The molecule has 16 nitrogen and oxygen atoms in total. The van der Waals surface area contributed by atoms with Gasteiger partial charge in [-0.1, -0.05) is 64.1 Å². The highest BCUT2D eigenvalue weighted by Crippen LogP contribution is 2.55. The average Bonchev–Trinajstić information content (AvgIpc) is 3.57. The van der Waals surface area contributed by atoms with Crippen LogP contribution in [-0.4, -0.2) is 123 Å². The molecule has 7 rings (SSSR count). The van der Waals surface area contributed by atoms with Crippen molar-refractivity contribution in [3.8, 4) is 23.0 Å². The minimum Gasteiger partial charge on any atom is -0.507 e. The van der Waals surface area contributed by atoms with Gasteiger partial charge in [0.25, 0.3) is 11.7 Å². The molecule has 4 heterocycles. The van der Waals surface area contributed by atoms with Gasteiger partial charge in [0, 0.05) is 93.9 Å². The molecule has 0 spiro atoms. The van der Waals surface area contributed by atoms with E-state index in [0.717, 1.165) is 18.4 Å². The Morgan fingerprint density at radius 2 is 1.64 bits per heavy atom. The molecule has 3 aromatic rings. The number of Topliss-reactive ketones (excluding diaryl/α,β-unsaturated/α-hetero) is 1. The van der Waals surface area contributed by atoms with Crippen molar-refractivity contribution in [2.45, 2.75) is 98.3 Å². The zero-order chi connectivity index (χ0) is 50.9. The van der Waals surface area contributed by atoms with Gasteiger partial charge in [0.15, 0.2) is 5.75 Å². The fraction of sp³-hybridized carbons (Fsp3) is 0.480. The lowest BCUT2D eigenvalue weighted by molar-refractivity contribution is -0.160. The maximum atomic E-state index is 14.6. The van der Waals surface area contributed by atoms with Crippen molar-refractivity contribution < 1.29 is 72.0 Å². The summed E-state index contributed by atoms with van der Waals surface area (Å²) < 4.78 is 63.8. The second-order valence-corrected chi connectivity index (χ2v) is 18.3. The molecule has 9 unspecified atom stereocenters. The number of halogens is 3. The fourth-order valence-corrected chi connectivity index (χ4v) is 9.13. The van der Waals surface area contributed by atoms with Gasteiger partial charge in [-0.25, -0.2) is 0 Å². The van der Waals surface area contributed by atoms with E-state index in [4.69, 9.17) is 18.9 Å². The van der Waals surface area contributed by atoms with Crippen molar-refractivity contribution in [1.82, 2.24) is 9.91 Å². The lowest BCUT2D eigenvalue weighted by Crippen LogP contribution is -2.46. The quantitative estimate of drug-likeness (QED) is 0.0639. The number of piperazine rings is 1. The topological polar surface area (TPSA) is 220 Å². The lowest BCUT2D eigenvalue weighted by atomic mass is 9.78. The summed E-state index contributed by atoms with van der Waals surface area (Å²) in [6, 6.07) is 5.11. The number of nitrogens with one attached hydrogen (secondary N) is 1. The van der Waals surface area contributed by atoms with E-state index >= 15 is 0 Å². The van der Waals surface area contributed by atoms with Gasteiger partial charge in [-0.15, -0.1) is 0 Å². The smallest absolute Gasteiger partial charge is 0.416 e. The monoisotopic (exact) mass is 966 g/mol. The average molecular weight is 967 g/mol. The summed E-state index contributed by atoms with van der Waals surface area (Å²) in [6.07, 6.45) is -0.100. The number of esters is 1. The molecule has 5 bridgehead atoms. The van der Waals surface area contributed by atoms with Crippen molar-refractivity contribution in [3.05, 3.63) is 88.2 Å². The number of fused-ring (bicyclic) bond motifs is 14. The maximum Gasteiger partial charge on any atom is 0.416 e. The Morgan fingerprint density at radius 3 is 2.28 bits per heavy atom. The summed E-state index contributed by atoms with van der Waals surface area (Å²) in [5, 5.41) is 67.0. The second kappa shape index (κ2) is 20.8. The number of nitrogens with zero attached hydrogens (tertiary/aromatic N) is 3. The largest absolute Gasteiger partial charge is 0.507 e. The number of aromatic hydroxyl groups is 3. The number of alkyl halides is 3. The number of anilines is 1. The van der Waals surface area contributed by atoms with Crippen LogP contribution in [0, 0.1) is 30.6 Å². The number of allylic oxidation sites excluding steroid dienone is 2. The number of hydrogen-bond acceptors (Lipinski definition) is 15. The number of ketones is 1. The van der Waals surface area contributed by atoms with Gasteiger partial charge in [0.05, 0.1) is 58.6 Å². The predicted molar refractivity (Wildman–Crippen MR) is 250 cm³/mol. The van der Waals surface area contributed by atoms with Gasteiger partial charge in [-0.2, -0.15) is 18.3 Å². The molecule has 374 valence electrons. The Balaban J connectivity index is 1.43. The number of hydrazone groups is 1. The normalized spacial score (nSPS) is 28.6. The van der Waals surface area contributed by atoms with Crippen LogP contribution in [0.4, 0.5) is 18.9 Å². The SMILES string of the molecule is COC1/C=C/OC2(C)Oc3c(C)c(O)c4c(O)c(c(C=NN5CCN(Cc6cccc(C(F)(F)F)c6)CC5)c(O)c4c3C2=O)NC(=O)C(C)=C/C=C/C(C)C(O)C(C)C(O)C(C)C(OC(C)=O)C1C. The Kier molecular flexibility index (Phi) is 15.8. The molecule has 1 amide bonds. The molecule has 1 saturated heterocycles. The molecule has 6 N–H and O–H groups in total. The van der Waals surface area contributed by atoms with E-state index in [2.05, 4.69) is 10.4 Å². The van der Waals surface area contributed by atoms with E-state index in [1.807, 2.05) is 4.90 Å². The first-order chi connectivity index (χ1) is 32.4. The van der Waals surface area contributed by atoms with Gasteiger partial charge >= 0.3 is 17.9 Å². The Hall–Kier alpha value is -6.15. The van der Waals surface area contributed by atoms with Crippen LogP contribution in [0.5, 0.6) is 23.0 Å². The van der Waals surface area contributed by atoms with Crippen LogP contribution in [0.15, 0.2) is 65.5 Å². The van der Waals surface area contributed by atoms with E-state index in [9.17, 15) is 53.1 Å². The molecule has 9 atom stereocenters. The van der Waals surface area contributed by atoms with Crippen molar-refractivity contribution in [3.63, 3.8) is 0 Å². The lowest BCUT2D eigenvalue weighted by Gasteiger charge is -2.38. The van der Waals surface area contributed by atoms with Crippen molar-refractivity contribution >= 4 is 40.3 Å². The number of aliphatic hydroxyl groups excluding tert-OH is 2. The Bertz CT molecular complexity index is 2570. The summed E-state index contributed by atoms with van der Waals surface area (Å²) in [5.41, 5.74) is -1.02. The summed E-state index contributed by atoms with van der Waals surface area (Å²) in [5.74, 6) is -9.08. The van der Waals surface area contributed by atoms with Gasteiger partial charge < -0.3 is 49.8 Å². The molecule has 69 heavy (non-hydrogen) atoms. The first kappa shape index (κ1) is 52.2. The zero-order valence-corrected chi connectivity index (χ0v) is 40.0. The van der Waals surface area contributed by atoms with Gasteiger partial charge in [-0.3, -0.25) is 24.3 Å². The van der Waals surface area contributed by atoms with Crippen LogP contribution >= 0.6 is 0 Å². The predicted octanol–water partition coefficient (Wildman–Crippen LogP) is 6.92. The van der Waals surface area contributed by atoms with E-state index in [1.165, 1.54) is 59.2 Å². The standard InChI is InChI=1S/C50H61F3N4O12/c1-25-12-10-13-26(2)48(65)55-39-34(23-54-57-19-17-56(18-20-57)24-32-14-11-15-33(22-32)50(51,52)53)43(62)36-37(44(39)63)42(61)30(6)46-38(36)47(64)49(8,69-46)67-21-16-35(66-9)27(3)45(68-31(7)58)29(5)41(60)28(4)40(25)59/h10-16,21-23,25,27-29,35,40-41,45,59-63H,17-20,24H2,1-9H3,(H,55,65)/b12-10+,21-16+,26-13?,54-23?. The molecule has 0 aromatic heterocycles. The molecule has 4 aliphatic rings. The highest BCUT2D eigenvalue weighted by Gasteiger charge is 2.50. The molecule has 0 aliphatic carbocycles. The first-order valence-corrected chi connectivity index (χ1v) is 22.6. The van der Waals surface area contributed by atoms with Crippen LogP contribution in [0.2, 0.25) is 0 Å². The minimum absolute atomic E-state index is 0.00372. The van der Waals surface area contributed by atoms with Gasteiger partial charge in [0.1, 0.15) is 23.4 Å². The fourth-order valence-electron chi connectivity index (χ4n) is 9.13. The number of methoxy groups -OCH3 is 1. The zero-order valence-electron chi connectivity index (χ0n) is 40.0. The first-order valence-electron chi connectivity index (χ1n) is 22.6. The van der Waals surface area contributed by atoms with Crippen LogP contribution in [-0.2, 0) is 36.5 Å². The third-order valence-corrected chi connectivity index (χ3v) is 13.4. The van der Waals surface area contributed by atoms with Crippen molar-refractivity contribution in [2.24, 2.45) is 28.8 Å². The number of phenols is 3. The van der Waals surface area contributed by atoms with Crippen molar-refractivity contribution in [2.75, 3.05) is 38.6 Å². The molecular formula is C50H61F3N4O12. The van der Waals surface area contributed by atoms with Gasteiger partial charge in [0.2, 0.25) is 0 Å². The molecule has 3 aromatic carbocycles. The number of benzene rings is 3. The Labute approximate surface area is 398 Å². The number of aliphatic hydroxyl groups is 2. The highest BCUT2D eigenvalue weighted by molar-refractivity contribution is 6.23. The Morgan fingerprint density at radius 1 is 0.957 bits per heavy atom. The number of rotatable bonds is 6. The number of carbonyl (C=O) groups is 3. The number of phenolic OH excluding ortho intramolecular Hbond substituents is 3. The number of ether oxygens (including phenoxy) is 4. The molecule has 0 radical (unpaired) electrons. The molecule has 0 saturated carbocycles. The summed E-state index contributed by atoms with van der Waals surface area (Å²) in [6.45, 7) is 13.9. The van der Waals surface area contributed by atoms with E-state index in [0.29, 0.717) is 31.7 Å². The highest BCUT2D eigenvalue weighted by atomic mass is 19.4. The summed E-state index contributed by atoms with van der Waals surface area (Å²) in [4.78, 5) is 42.8. The van der Waals surface area contributed by atoms with E-state index in [1.54, 1.807) is 50.9 Å². The molecule has 4 aliphatic heterocycles. The van der Waals surface area contributed by atoms with Crippen molar-refractivity contribution in [1.29, 1.82) is 0 Å². The third kappa shape index (κ3) is 10.9. The van der Waals surface area contributed by atoms with Crippen LogP contribution in [0.1, 0.15) is 81.1 Å². The summed E-state index contributed by atoms with van der Waals surface area (Å²) in [7, 11) is 1.41. The van der Waals surface area contributed by atoms with Crippen LogP contribution < -0.4 is 10.1 Å². The second-order valence-electron chi connectivity index (χ2n) is 18.3. The molecular weight excluding hydrogens is 906 g/mol. The number of amides is 1. The minimum atomic E-state index is -4.48. The van der Waals surface area contributed by atoms with Crippen LogP contribution in [0.25, 0.3) is 10.8 Å². The van der Waals surface area contributed by atoms with Gasteiger partial charge in [-0.05, 0) is 31.6 Å². The summed E-state index contributed by atoms with van der Waals surface area (Å²) >= 11 is 0. The third-order valence-electron chi connectivity index (χ3n) is 13.4. The van der Waals surface area contributed by atoms with E-state index < -0.39 is 101 Å². The maximum absolute atomic E-state index is 14.6. The van der Waals surface area contributed by atoms with E-state index in [-0.39, 0.29) is 51.0 Å². The number of carbonyl (C=O) groups excluding carboxylic acids is 3. The van der Waals surface area contributed by atoms with Crippen LogP contribution in [0.3, 0.4) is 0 Å².